The fraction of sp³-hybridized carbons (Fsp3) is 0.294. The number of H-pyrrole nitrogens is 1. The maximum Gasteiger partial charge on any atom is 0.270 e. The van der Waals surface area contributed by atoms with Crippen LogP contribution in [0.3, 0.4) is 0 Å². The molecule has 3 heterocycles. The van der Waals surface area contributed by atoms with E-state index in [-0.39, 0.29) is 28.9 Å². The molecule has 118 valence electrons. The molecule has 0 spiro atoms. The highest BCUT2D eigenvalue weighted by Gasteiger charge is 2.30. The molecule has 2 aromatic rings. The van der Waals surface area contributed by atoms with Crippen molar-refractivity contribution in [1.82, 2.24) is 14.9 Å². The van der Waals surface area contributed by atoms with Crippen molar-refractivity contribution in [2.75, 3.05) is 13.1 Å². The van der Waals surface area contributed by atoms with Gasteiger partial charge in [-0.3, -0.25) is 19.4 Å². The van der Waals surface area contributed by atoms with Crippen LogP contribution in [0.2, 0.25) is 0 Å². The molecule has 1 N–H and O–H groups in total. The van der Waals surface area contributed by atoms with Gasteiger partial charge in [-0.2, -0.15) is 0 Å². The number of Topliss-reactive ketones (excluding diaryl/α,β-unsaturated/α-hetero) is 1. The van der Waals surface area contributed by atoms with Crippen molar-refractivity contribution in [3.63, 3.8) is 0 Å². The summed E-state index contributed by atoms with van der Waals surface area (Å²) in [6.45, 7) is 0.937. The summed E-state index contributed by atoms with van der Waals surface area (Å²) in [5.41, 5.74) is 0.373. The largest absolute Gasteiger partial charge is 0.337 e. The normalized spacial score (nSPS) is 17.7. The molecule has 0 saturated carbocycles. The minimum atomic E-state index is -0.311. The van der Waals surface area contributed by atoms with Crippen LogP contribution in [0.5, 0.6) is 0 Å². The van der Waals surface area contributed by atoms with Crippen LogP contribution in [0.4, 0.5) is 0 Å². The predicted molar refractivity (Wildman–Crippen MR) is 84.3 cm³/mol. The zero-order chi connectivity index (χ0) is 16.2. The number of nitrogens with zero attached hydrogens (tertiary/aromatic N) is 2. The number of piperidine rings is 1. The van der Waals surface area contributed by atoms with Gasteiger partial charge in [0.1, 0.15) is 11.4 Å². The monoisotopic (exact) mass is 311 g/mol. The summed E-state index contributed by atoms with van der Waals surface area (Å²) >= 11 is 0. The Morgan fingerprint density at radius 3 is 2.78 bits per heavy atom. The summed E-state index contributed by atoms with van der Waals surface area (Å²) in [5, 5.41) is 0. The van der Waals surface area contributed by atoms with Crippen molar-refractivity contribution in [2.24, 2.45) is 5.92 Å². The SMILES string of the molecule is O=C(c1ccccn1)[C@@H]1CCCN(C(=O)c2cccc(=O)[nH]2)C1. The molecule has 1 atom stereocenters. The highest BCUT2D eigenvalue weighted by Crippen LogP contribution is 2.21. The minimum absolute atomic E-state index is 0.0374. The number of pyridine rings is 2. The fourth-order valence-corrected chi connectivity index (χ4v) is 2.84. The third-order valence-corrected chi connectivity index (χ3v) is 4.00. The van der Waals surface area contributed by atoms with Gasteiger partial charge in [0.05, 0.1) is 0 Å². The molecule has 23 heavy (non-hydrogen) atoms. The lowest BCUT2D eigenvalue weighted by Crippen LogP contribution is -2.43. The number of hydrogen-bond donors (Lipinski definition) is 1. The molecule has 0 radical (unpaired) electrons. The minimum Gasteiger partial charge on any atom is -0.337 e. The van der Waals surface area contributed by atoms with E-state index < -0.39 is 0 Å². The lowest BCUT2D eigenvalue weighted by molar-refractivity contribution is 0.0630. The highest BCUT2D eigenvalue weighted by molar-refractivity contribution is 5.97. The zero-order valence-electron chi connectivity index (χ0n) is 12.6. The Labute approximate surface area is 133 Å². The number of nitrogens with one attached hydrogen (secondary N) is 1. The molecule has 6 nitrogen and oxygen atoms in total. The van der Waals surface area contributed by atoms with Gasteiger partial charge in [-0.05, 0) is 31.0 Å². The topological polar surface area (TPSA) is 83.1 Å². The molecule has 1 fully saturated rings. The average Bonchev–Trinajstić information content (AvgIpc) is 2.61. The molecule has 0 aliphatic carbocycles. The van der Waals surface area contributed by atoms with E-state index in [2.05, 4.69) is 9.97 Å². The van der Waals surface area contributed by atoms with Gasteiger partial charge in [-0.25, -0.2) is 0 Å². The number of likely N-dealkylation sites (tertiary alicyclic amines) is 1. The number of aromatic nitrogens is 2. The number of rotatable bonds is 3. The second-order valence-electron chi connectivity index (χ2n) is 5.60. The number of aromatic amines is 1. The molecule has 0 aromatic carbocycles. The first-order chi connectivity index (χ1) is 11.1. The molecule has 1 aliphatic heterocycles. The maximum atomic E-state index is 12.5. The molecule has 3 rings (SSSR count). The Bertz CT molecular complexity index is 770. The second-order valence-corrected chi connectivity index (χ2v) is 5.60. The quantitative estimate of drug-likeness (QED) is 0.871. The Morgan fingerprint density at radius 2 is 2.04 bits per heavy atom. The van der Waals surface area contributed by atoms with Crippen molar-refractivity contribution in [3.05, 3.63) is 64.3 Å². The predicted octanol–water partition coefficient (Wildman–Crippen LogP) is 1.50. The van der Waals surface area contributed by atoms with Crippen LogP contribution in [0.1, 0.15) is 33.8 Å². The van der Waals surface area contributed by atoms with E-state index in [1.165, 1.54) is 6.07 Å². The number of hydrogen-bond acceptors (Lipinski definition) is 4. The molecule has 1 aliphatic rings. The van der Waals surface area contributed by atoms with Crippen LogP contribution in [-0.2, 0) is 0 Å². The number of carbonyl (C=O) groups is 2. The molecule has 0 unspecified atom stereocenters. The summed E-state index contributed by atoms with van der Waals surface area (Å²) in [5.74, 6) is -0.538. The van der Waals surface area contributed by atoms with Gasteiger partial charge in [-0.15, -0.1) is 0 Å². The summed E-state index contributed by atoms with van der Waals surface area (Å²) in [7, 11) is 0. The molecule has 1 saturated heterocycles. The standard InChI is InChI=1S/C17H17N3O3/c21-15-8-3-7-14(19-15)17(23)20-10-4-5-12(11-20)16(22)13-6-1-2-9-18-13/h1-3,6-9,12H,4-5,10-11H2,(H,19,21)/t12-/m1/s1. The average molecular weight is 311 g/mol. The first-order valence-electron chi connectivity index (χ1n) is 7.59. The third kappa shape index (κ3) is 3.36. The maximum absolute atomic E-state index is 12.5. The van der Waals surface area contributed by atoms with Gasteiger partial charge in [-0.1, -0.05) is 12.1 Å². The van der Waals surface area contributed by atoms with Crippen LogP contribution in [0.25, 0.3) is 0 Å². The van der Waals surface area contributed by atoms with Crippen LogP contribution >= 0.6 is 0 Å². The molecule has 6 heteroatoms. The van der Waals surface area contributed by atoms with Gasteiger partial charge < -0.3 is 9.88 Å². The number of carbonyl (C=O) groups excluding carboxylic acids is 2. The van der Waals surface area contributed by atoms with Crippen molar-refractivity contribution < 1.29 is 9.59 Å². The van der Waals surface area contributed by atoms with E-state index in [1.807, 2.05) is 0 Å². The lowest BCUT2D eigenvalue weighted by Gasteiger charge is -2.31. The number of amides is 1. The zero-order valence-corrected chi connectivity index (χ0v) is 12.6. The smallest absolute Gasteiger partial charge is 0.270 e. The molecule has 2 aromatic heterocycles. The Hall–Kier alpha value is -2.76. The van der Waals surface area contributed by atoms with E-state index in [1.54, 1.807) is 41.4 Å². The van der Waals surface area contributed by atoms with Crippen LogP contribution in [-0.4, -0.2) is 39.6 Å². The first-order valence-corrected chi connectivity index (χ1v) is 7.59. The van der Waals surface area contributed by atoms with E-state index in [0.717, 1.165) is 12.8 Å². The van der Waals surface area contributed by atoms with Gasteiger partial charge in [0.15, 0.2) is 5.78 Å². The van der Waals surface area contributed by atoms with Gasteiger partial charge in [0.2, 0.25) is 5.56 Å². The van der Waals surface area contributed by atoms with Crippen molar-refractivity contribution in [2.45, 2.75) is 12.8 Å². The van der Waals surface area contributed by atoms with Gasteiger partial charge >= 0.3 is 0 Å². The van der Waals surface area contributed by atoms with Crippen molar-refractivity contribution >= 4 is 11.7 Å². The van der Waals surface area contributed by atoms with Crippen molar-refractivity contribution in [1.29, 1.82) is 0 Å². The van der Waals surface area contributed by atoms with E-state index in [0.29, 0.717) is 18.8 Å². The van der Waals surface area contributed by atoms with Gasteiger partial charge in [0.25, 0.3) is 5.91 Å². The summed E-state index contributed by atoms with van der Waals surface area (Å²) in [4.78, 5) is 44.6. The lowest BCUT2D eigenvalue weighted by atomic mass is 9.91. The van der Waals surface area contributed by atoms with Crippen LogP contribution in [0.15, 0.2) is 47.4 Å². The highest BCUT2D eigenvalue weighted by atomic mass is 16.2. The Balaban J connectivity index is 1.74. The molecule has 1 amide bonds. The molecular weight excluding hydrogens is 294 g/mol. The summed E-state index contributed by atoms with van der Waals surface area (Å²) < 4.78 is 0. The molecular formula is C17H17N3O3. The van der Waals surface area contributed by atoms with E-state index in [9.17, 15) is 14.4 Å². The van der Waals surface area contributed by atoms with Crippen LogP contribution < -0.4 is 5.56 Å². The summed E-state index contributed by atoms with van der Waals surface area (Å²) in [6, 6.07) is 9.72. The first kappa shape index (κ1) is 15.1. The third-order valence-electron chi connectivity index (χ3n) is 4.00. The second kappa shape index (κ2) is 6.56. The summed E-state index contributed by atoms with van der Waals surface area (Å²) in [6.07, 6.45) is 3.09. The van der Waals surface area contributed by atoms with E-state index >= 15 is 0 Å². The Kier molecular flexibility index (Phi) is 4.32. The van der Waals surface area contributed by atoms with Crippen molar-refractivity contribution in [3.8, 4) is 0 Å². The van der Waals surface area contributed by atoms with Gasteiger partial charge in [0, 0.05) is 31.3 Å². The molecule has 0 bridgehead atoms. The number of ketones is 1. The Morgan fingerprint density at radius 1 is 1.17 bits per heavy atom. The van der Waals surface area contributed by atoms with Crippen LogP contribution in [0, 0.1) is 5.92 Å². The van der Waals surface area contributed by atoms with E-state index in [4.69, 9.17) is 0 Å². The fourth-order valence-electron chi connectivity index (χ4n) is 2.84.